The number of nitrogens with zero attached hydrogens (tertiary/aromatic N) is 2. The molecule has 0 saturated heterocycles. The molecule has 10 heteroatoms. The lowest BCUT2D eigenvalue weighted by Gasteiger charge is -2.28. The van der Waals surface area contributed by atoms with Gasteiger partial charge in [-0.25, -0.2) is 13.2 Å². The average Bonchev–Trinajstić information content (AvgIpc) is 3.08. The second-order valence-corrected chi connectivity index (χ2v) is 8.41. The van der Waals surface area contributed by atoms with Gasteiger partial charge in [0.2, 0.25) is 0 Å². The van der Waals surface area contributed by atoms with Gasteiger partial charge in [0, 0.05) is 28.8 Å². The molecule has 2 aromatic carbocycles. The molecule has 1 unspecified atom stereocenters. The quantitative estimate of drug-likeness (QED) is 0.392. The number of anilines is 1. The van der Waals surface area contributed by atoms with Gasteiger partial charge < -0.3 is 9.64 Å². The molecule has 1 aliphatic rings. The molecule has 0 fully saturated rings. The summed E-state index contributed by atoms with van der Waals surface area (Å²) >= 11 is 0. The zero-order valence-corrected chi connectivity index (χ0v) is 16.7. The Bertz CT molecular complexity index is 1120. The molecular weight excluding hydrogens is 412 g/mol. The predicted molar refractivity (Wildman–Crippen MR) is 109 cm³/mol. The van der Waals surface area contributed by atoms with Crippen molar-refractivity contribution in [3.05, 3.63) is 81.3 Å². The molecule has 156 valence electrons. The van der Waals surface area contributed by atoms with Crippen molar-refractivity contribution in [2.24, 2.45) is 0 Å². The van der Waals surface area contributed by atoms with E-state index in [-0.39, 0.29) is 29.2 Å². The Morgan fingerprint density at radius 1 is 1.17 bits per heavy atom. The molecule has 0 spiro atoms. The van der Waals surface area contributed by atoms with Crippen LogP contribution in [0.15, 0.2) is 60.0 Å². The highest BCUT2D eigenvalue weighted by Crippen LogP contribution is 2.26. The van der Waals surface area contributed by atoms with Crippen molar-refractivity contribution >= 4 is 33.1 Å². The van der Waals surface area contributed by atoms with Crippen LogP contribution in [-0.2, 0) is 14.6 Å². The zero-order valence-electron chi connectivity index (χ0n) is 15.9. The van der Waals surface area contributed by atoms with E-state index in [0.717, 1.165) is 11.5 Å². The number of benzene rings is 2. The van der Waals surface area contributed by atoms with Gasteiger partial charge in [-0.05, 0) is 43.3 Å². The summed E-state index contributed by atoms with van der Waals surface area (Å²) in [4.78, 5) is 36.8. The van der Waals surface area contributed by atoms with Gasteiger partial charge in [0.15, 0.2) is 9.84 Å². The first-order valence-corrected chi connectivity index (χ1v) is 10.7. The highest BCUT2D eigenvalue weighted by molar-refractivity contribution is 7.94. The van der Waals surface area contributed by atoms with E-state index in [1.54, 1.807) is 6.92 Å². The van der Waals surface area contributed by atoms with E-state index >= 15 is 0 Å². The number of non-ortho nitro benzene ring substituents is 1. The third-order valence-corrected chi connectivity index (χ3v) is 5.80. The highest BCUT2D eigenvalue weighted by Gasteiger charge is 2.32. The van der Waals surface area contributed by atoms with Gasteiger partial charge in [0.1, 0.15) is 0 Å². The Hall–Kier alpha value is -3.53. The second kappa shape index (κ2) is 8.46. The molecule has 1 atom stereocenters. The fraction of sp³-hybridized carbons (Fsp3) is 0.200. The van der Waals surface area contributed by atoms with Crippen LogP contribution in [0.4, 0.5) is 11.4 Å². The van der Waals surface area contributed by atoms with Crippen molar-refractivity contribution in [1.29, 1.82) is 0 Å². The molecule has 1 aliphatic heterocycles. The van der Waals surface area contributed by atoms with Crippen molar-refractivity contribution in [2.75, 3.05) is 17.3 Å². The number of ether oxygens (including phenoxy) is 1. The first-order valence-electron chi connectivity index (χ1n) is 8.98. The van der Waals surface area contributed by atoms with Crippen molar-refractivity contribution in [3.8, 4) is 0 Å². The minimum Gasteiger partial charge on any atom is -0.462 e. The van der Waals surface area contributed by atoms with E-state index < -0.39 is 32.7 Å². The third-order valence-electron chi connectivity index (χ3n) is 4.42. The zero-order chi connectivity index (χ0) is 21.9. The third kappa shape index (κ3) is 4.54. The normalized spacial score (nSPS) is 16.8. The second-order valence-electron chi connectivity index (χ2n) is 6.48. The number of rotatable bonds is 6. The Morgan fingerprint density at radius 2 is 1.87 bits per heavy atom. The van der Waals surface area contributed by atoms with E-state index in [9.17, 15) is 28.1 Å². The largest absolute Gasteiger partial charge is 0.462 e. The number of nitro benzene ring substituents is 1. The standard InChI is InChI=1S/C20H18N2O7S/c1-2-29-20(24)14-6-8-16(9-7-14)21(18-10-11-30(27,28)13-18)19(23)15-4-3-5-17(12-15)22(25)26/h3-12,18H,2,13H2,1H3. The fourth-order valence-electron chi connectivity index (χ4n) is 3.04. The minimum atomic E-state index is -3.47. The maximum Gasteiger partial charge on any atom is 0.338 e. The smallest absolute Gasteiger partial charge is 0.338 e. The van der Waals surface area contributed by atoms with Gasteiger partial charge in [-0.15, -0.1) is 0 Å². The predicted octanol–water partition coefficient (Wildman–Crippen LogP) is 2.73. The highest BCUT2D eigenvalue weighted by atomic mass is 32.2. The topological polar surface area (TPSA) is 124 Å². The van der Waals surface area contributed by atoms with Crippen molar-refractivity contribution in [3.63, 3.8) is 0 Å². The molecule has 1 heterocycles. The minimum absolute atomic E-state index is 0.0383. The van der Waals surface area contributed by atoms with Crippen molar-refractivity contribution in [1.82, 2.24) is 0 Å². The number of amides is 1. The van der Waals surface area contributed by atoms with Crippen LogP contribution in [0.3, 0.4) is 0 Å². The first kappa shape index (κ1) is 21.2. The Kier molecular flexibility index (Phi) is 5.97. The molecule has 0 N–H and O–H groups in total. The maximum atomic E-state index is 13.2. The number of carbonyl (C=O) groups is 2. The molecule has 0 radical (unpaired) electrons. The summed E-state index contributed by atoms with van der Waals surface area (Å²) in [7, 11) is -3.47. The molecule has 2 aromatic rings. The van der Waals surface area contributed by atoms with Crippen LogP contribution >= 0.6 is 0 Å². The fourth-order valence-corrected chi connectivity index (χ4v) is 4.31. The van der Waals surface area contributed by atoms with Gasteiger partial charge in [0.25, 0.3) is 11.6 Å². The molecule has 30 heavy (non-hydrogen) atoms. The van der Waals surface area contributed by atoms with Crippen LogP contribution in [0, 0.1) is 10.1 Å². The molecule has 0 bridgehead atoms. The van der Waals surface area contributed by atoms with Crippen LogP contribution in [-0.4, -0.2) is 43.6 Å². The van der Waals surface area contributed by atoms with Gasteiger partial charge in [-0.3, -0.25) is 14.9 Å². The van der Waals surface area contributed by atoms with Crippen molar-refractivity contribution < 1.29 is 27.7 Å². The van der Waals surface area contributed by atoms with Crippen molar-refractivity contribution in [2.45, 2.75) is 13.0 Å². The number of hydrogen-bond donors (Lipinski definition) is 0. The molecule has 9 nitrogen and oxygen atoms in total. The summed E-state index contributed by atoms with van der Waals surface area (Å²) in [5.41, 5.74) is 0.397. The lowest BCUT2D eigenvalue weighted by atomic mass is 10.1. The molecule has 1 amide bonds. The van der Waals surface area contributed by atoms with Crippen LogP contribution in [0.2, 0.25) is 0 Å². The SMILES string of the molecule is CCOC(=O)c1ccc(N(C(=O)c2cccc([N+](=O)[O-])c2)C2C=CS(=O)(=O)C2)cc1. The van der Waals surface area contributed by atoms with Gasteiger partial charge in [0.05, 0.1) is 28.9 Å². The van der Waals surface area contributed by atoms with E-state index in [4.69, 9.17) is 4.74 Å². The average molecular weight is 430 g/mol. The number of carbonyl (C=O) groups excluding carboxylic acids is 2. The van der Waals surface area contributed by atoms with Gasteiger partial charge in [-0.2, -0.15) is 0 Å². The Balaban J connectivity index is 2.00. The van der Waals surface area contributed by atoms with Crippen LogP contribution < -0.4 is 4.90 Å². The first-order chi connectivity index (χ1) is 14.2. The Morgan fingerprint density at radius 3 is 2.43 bits per heavy atom. The maximum absolute atomic E-state index is 13.2. The number of esters is 1. The van der Waals surface area contributed by atoms with E-state index in [0.29, 0.717) is 5.69 Å². The molecule has 0 saturated carbocycles. The van der Waals surface area contributed by atoms with E-state index in [2.05, 4.69) is 0 Å². The summed E-state index contributed by atoms with van der Waals surface area (Å²) in [5, 5.41) is 12.1. The van der Waals surface area contributed by atoms with Crippen LogP contribution in [0.25, 0.3) is 0 Å². The number of hydrogen-bond acceptors (Lipinski definition) is 7. The van der Waals surface area contributed by atoms with Crippen LogP contribution in [0.1, 0.15) is 27.6 Å². The summed E-state index contributed by atoms with van der Waals surface area (Å²) in [6.45, 7) is 1.89. The van der Waals surface area contributed by atoms with Gasteiger partial charge >= 0.3 is 5.97 Å². The molecule has 0 aliphatic carbocycles. The summed E-state index contributed by atoms with van der Waals surface area (Å²) < 4.78 is 28.8. The molecule has 0 aromatic heterocycles. The summed E-state index contributed by atoms with van der Waals surface area (Å²) in [5.74, 6) is -1.44. The lowest BCUT2D eigenvalue weighted by Crippen LogP contribution is -2.41. The molecule has 3 rings (SSSR count). The summed E-state index contributed by atoms with van der Waals surface area (Å²) in [6.07, 6.45) is 1.39. The van der Waals surface area contributed by atoms with Gasteiger partial charge in [-0.1, -0.05) is 6.07 Å². The Labute approximate surface area is 172 Å². The monoisotopic (exact) mass is 430 g/mol. The summed E-state index contributed by atoms with van der Waals surface area (Å²) in [6, 6.07) is 10.3. The van der Waals surface area contributed by atoms with E-state index in [1.165, 1.54) is 53.4 Å². The van der Waals surface area contributed by atoms with Crippen LogP contribution in [0.5, 0.6) is 0 Å². The number of nitro groups is 1. The number of sulfone groups is 1. The molecular formula is C20H18N2O7S. The van der Waals surface area contributed by atoms with E-state index in [1.807, 2.05) is 0 Å². The lowest BCUT2D eigenvalue weighted by molar-refractivity contribution is -0.384.